The summed E-state index contributed by atoms with van der Waals surface area (Å²) in [6.07, 6.45) is 4.05. The summed E-state index contributed by atoms with van der Waals surface area (Å²) in [4.78, 5) is 17.4. The first-order chi connectivity index (χ1) is 15.6. The fourth-order valence-electron chi connectivity index (χ4n) is 3.39. The van der Waals surface area contributed by atoms with Crippen LogP contribution in [0.1, 0.15) is 22.8 Å². The Balaban J connectivity index is 1.36. The molecule has 3 aromatic carbocycles. The first kappa shape index (κ1) is 20.0. The van der Waals surface area contributed by atoms with Crippen LogP contribution in [0.5, 0.6) is 0 Å². The summed E-state index contributed by atoms with van der Waals surface area (Å²) in [5, 5.41) is 10.8. The second kappa shape index (κ2) is 8.28. The molecule has 0 aliphatic rings. The van der Waals surface area contributed by atoms with E-state index in [-0.39, 0.29) is 5.91 Å². The molecule has 0 fully saturated rings. The predicted octanol–water partition coefficient (Wildman–Crippen LogP) is 5.54. The first-order valence-electron chi connectivity index (χ1n) is 10.1. The number of amides is 1. The Hall–Kier alpha value is -3.97. The highest BCUT2D eigenvalue weighted by molar-refractivity contribution is 6.34. The molecule has 0 atom stereocenters. The molecule has 0 bridgehead atoms. The van der Waals surface area contributed by atoms with Crippen LogP contribution in [0.3, 0.4) is 0 Å². The lowest BCUT2D eigenvalue weighted by atomic mass is 10.1. The number of aryl methyl sites for hydroxylation is 1. The second-order valence-corrected chi connectivity index (χ2v) is 7.65. The fraction of sp³-hybridized carbons (Fsp3) is 0.0833. The summed E-state index contributed by atoms with van der Waals surface area (Å²) < 4.78 is 7.58. The van der Waals surface area contributed by atoms with Crippen LogP contribution in [-0.2, 0) is 6.42 Å². The van der Waals surface area contributed by atoms with Crippen LogP contribution in [0, 0.1) is 0 Å². The van der Waals surface area contributed by atoms with Crippen LogP contribution in [0.25, 0.3) is 28.2 Å². The van der Waals surface area contributed by atoms with Crippen LogP contribution in [0.15, 0.2) is 77.7 Å². The van der Waals surface area contributed by atoms with Gasteiger partial charge in [0, 0.05) is 16.9 Å². The predicted molar refractivity (Wildman–Crippen MR) is 123 cm³/mol. The summed E-state index contributed by atoms with van der Waals surface area (Å²) in [7, 11) is 0. The highest BCUT2D eigenvalue weighted by Gasteiger charge is 2.14. The lowest BCUT2D eigenvalue weighted by Crippen LogP contribution is -2.13. The number of fused-ring (bicyclic) bond motifs is 1. The van der Waals surface area contributed by atoms with Gasteiger partial charge in [0.1, 0.15) is 18.2 Å². The molecule has 32 heavy (non-hydrogen) atoms. The van der Waals surface area contributed by atoms with Crippen molar-refractivity contribution in [1.82, 2.24) is 19.7 Å². The summed E-state index contributed by atoms with van der Waals surface area (Å²) >= 11 is 6.26. The smallest absolute Gasteiger partial charge is 0.257 e. The van der Waals surface area contributed by atoms with Crippen molar-refractivity contribution in [2.45, 2.75) is 13.3 Å². The van der Waals surface area contributed by atoms with Crippen molar-refractivity contribution in [2.24, 2.45) is 0 Å². The minimum absolute atomic E-state index is 0.313. The molecular weight excluding hydrogens is 426 g/mol. The molecule has 1 N–H and O–H groups in total. The third-order valence-electron chi connectivity index (χ3n) is 5.16. The van der Waals surface area contributed by atoms with Crippen LogP contribution < -0.4 is 5.32 Å². The van der Waals surface area contributed by atoms with Gasteiger partial charge in [-0.15, -0.1) is 10.2 Å². The molecule has 0 radical (unpaired) electrons. The van der Waals surface area contributed by atoms with Gasteiger partial charge in [-0.25, -0.2) is 4.98 Å². The van der Waals surface area contributed by atoms with Crippen LogP contribution in [-0.4, -0.2) is 25.7 Å². The quantitative estimate of drug-likeness (QED) is 0.385. The molecule has 2 aromatic heterocycles. The maximum atomic E-state index is 12.8. The van der Waals surface area contributed by atoms with Gasteiger partial charge in [-0.2, -0.15) is 0 Å². The van der Waals surface area contributed by atoms with Gasteiger partial charge in [0.05, 0.1) is 10.6 Å². The lowest BCUT2D eigenvalue weighted by Gasteiger charge is -2.09. The van der Waals surface area contributed by atoms with Crippen LogP contribution >= 0.6 is 11.6 Å². The number of hydrogen-bond acceptors (Lipinski definition) is 5. The summed E-state index contributed by atoms with van der Waals surface area (Å²) in [6, 6.07) is 18.5. The molecule has 1 amide bonds. The molecule has 0 saturated carbocycles. The number of hydrogen-bond donors (Lipinski definition) is 1. The van der Waals surface area contributed by atoms with Crippen LogP contribution in [0.4, 0.5) is 5.69 Å². The normalized spacial score (nSPS) is 11.1. The summed E-state index contributed by atoms with van der Waals surface area (Å²) in [5.41, 5.74) is 5.34. The largest absolute Gasteiger partial charge is 0.436 e. The molecule has 158 valence electrons. The zero-order valence-electron chi connectivity index (χ0n) is 17.1. The van der Waals surface area contributed by atoms with Gasteiger partial charge in [-0.05, 0) is 66.6 Å². The zero-order chi connectivity index (χ0) is 22.1. The van der Waals surface area contributed by atoms with Crippen molar-refractivity contribution in [3.8, 4) is 17.1 Å². The summed E-state index contributed by atoms with van der Waals surface area (Å²) in [6.45, 7) is 2.10. The standard InChI is InChI=1S/C24H18ClN5O2/c1-2-15-3-10-22-21(11-15)29-24(32-22)16-4-6-17(7-5-16)28-23(31)19-12-18(8-9-20(19)25)30-13-26-27-14-30/h3-14H,2H2,1H3,(H,28,31). The van der Waals surface area contributed by atoms with Gasteiger partial charge in [-0.1, -0.05) is 24.6 Å². The number of halogens is 1. The van der Waals surface area contributed by atoms with Gasteiger partial charge >= 0.3 is 0 Å². The van der Waals surface area contributed by atoms with Crippen molar-refractivity contribution in [2.75, 3.05) is 5.32 Å². The molecule has 7 nitrogen and oxygen atoms in total. The number of anilines is 1. The Morgan fingerprint density at radius 2 is 1.81 bits per heavy atom. The summed E-state index contributed by atoms with van der Waals surface area (Å²) in [5.74, 6) is 0.224. The highest BCUT2D eigenvalue weighted by Crippen LogP contribution is 2.27. The monoisotopic (exact) mass is 443 g/mol. The van der Waals surface area contributed by atoms with E-state index in [1.165, 1.54) is 5.56 Å². The number of oxazole rings is 1. The van der Waals surface area contributed by atoms with E-state index in [1.54, 1.807) is 47.6 Å². The Bertz CT molecular complexity index is 1410. The fourth-order valence-corrected chi connectivity index (χ4v) is 3.60. The van der Waals surface area contributed by atoms with E-state index in [4.69, 9.17) is 16.0 Å². The van der Waals surface area contributed by atoms with E-state index in [9.17, 15) is 4.79 Å². The van der Waals surface area contributed by atoms with E-state index in [0.29, 0.717) is 22.2 Å². The Morgan fingerprint density at radius 1 is 1.03 bits per heavy atom. The molecule has 0 spiro atoms. The molecule has 8 heteroatoms. The van der Waals surface area contributed by atoms with Gasteiger partial charge in [-0.3, -0.25) is 9.36 Å². The van der Waals surface area contributed by atoms with Crippen molar-refractivity contribution < 1.29 is 9.21 Å². The van der Waals surface area contributed by atoms with Gasteiger partial charge in [0.2, 0.25) is 5.89 Å². The minimum atomic E-state index is -0.313. The van der Waals surface area contributed by atoms with Crippen molar-refractivity contribution >= 4 is 34.3 Å². The third kappa shape index (κ3) is 3.86. The first-order valence-corrected chi connectivity index (χ1v) is 10.4. The Morgan fingerprint density at radius 3 is 2.56 bits per heavy atom. The number of aromatic nitrogens is 4. The van der Waals surface area contributed by atoms with E-state index < -0.39 is 0 Å². The molecule has 2 heterocycles. The van der Waals surface area contributed by atoms with E-state index in [1.807, 2.05) is 30.3 Å². The molecular formula is C24H18ClN5O2. The number of carbonyl (C=O) groups excluding carboxylic acids is 1. The molecule has 0 aliphatic carbocycles. The van der Waals surface area contributed by atoms with E-state index in [2.05, 4.69) is 27.4 Å². The third-order valence-corrected chi connectivity index (χ3v) is 5.49. The average Bonchev–Trinajstić information content (AvgIpc) is 3.49. The maximum absolute atomic E-state index is 12.8. The average molecular weight is 444 g/mol. The van der Waals surface area contributed by atoms with Crippen LogP contribution in [0.2, 0.25) is 5.02 Å². The molecule has 5 rings (SSSR count). The Kier molecular flexibility index (Phi) is 5.17. The van der Waals surface area contributed by atoms with Crippen molar-refractivity contribution in [3.05, 3.63) is 89.5 Å². The lowest BCUT2D eigenvalue weighted by molar-refractivity contribution is 0.102. The van der Waals surface area contributed by atoms with Gasteiger partial charge < -0.3 is 9.73 Å². The molecule has 0 aliphatic heterocycles. The highest BCUT2D eigenvalue weighted by atomic mass is 35.5. The number of nitrogens with one attached hydrogen (secondary N) is 1. The molecule has 0 saturated heterocycles. The maximum Gasteiger partial charge on any atom is 0.257 e. The zero-order valence-corrected chi connectivity index (χ0v) is 17.9. The minimum Gasteiger partial charge on any atom is -0.436 e. The number of carbonyl (C=O) groups is 1. The van der Waals surface area contributed by atoms with Crippen molar-refractivity contribution in [3.63, 3.8) is 0 Å². The molecule has 5 aromatic rings. The van der Waals surface area contributed by atoms with E-state index >= 15 is 0 Å². The topological polar surface area (TPSA) is 85.8 Å². The number of nitrogens with zero attached hydrogens (tertiary/aromatic N) is 4. The second-order valence-electron chi connectivity index (χ2n) is 7.24. The van der Waals surface area contributed by atoms with E-state index in [0.717, 1.165) is 28.8 Å². The Labute approximate surface area is 188 Å². The number of benzene rings is 3. The SMILES string of the molecule is CCc1ccc2oc(-c3ccc(NC(=O)c4cc(-n5cnnc5)ccc4Cl)cc3)nc2c1. The van der Waals surface area contributed by atoms with Gasteiger partial charge in [0.15, 0.2) is 5.58 Å². The van der Waals surface area contributed by atoms with Crippen molar-refractivity contribution in [1.29, 1.82) is 0 Å². The van der Waals surface area contributed by atoms with Gasteiger partial charge in [0.25, 0.3) is 5.91 Å². The number of rotatable bonds is 5. The molecule has 0 unspecified atom stereocenters.